The molecule has 1 rings (SSSR count). The molecule has 0 radical (unpaired) electrons. The molecule has 5 heteroatoms. The highest BCUT2D eigenvalue weighted by Gasteiger charge is 2.14. The summed E-state index contributed by atoms with van der Waals surface area (Å²) in [5.41, 5.74) is 0.660. The first-order valence-corrected chi connectivity index (χ1v) is 4.92. The van der Waals surface area contributed by atoms with E-state index in [1.807, 2.05) is 0 Å². The van der Waals surface area contributed by atoms with E-state index in [9.17, 15) is 13.2 Å². The number of rotatable bonds is 4. The summed E-state index contributed by atoms with van der Waals surface area (Å²) in [5.74, 6) is -0.501. The zero-order valence-electron chi connectivity index (χ0n) is 8.18. The van der Waals surface area contributed by atoms with Crippen LogP contribution in [0, 0.1) is 5.82 Å². The van der Waals surface area contributed by atoms with Crippen LogP contribution in [0.2, 0.25) is 0 Å². The van der Waals surface area contributed by atoms with Crippen LogP contribution < -0.4 is 4.90 Å². The largest absolute Gasteiger partial charge is 0.369 e. The second-order valence-corrected chi connectivity index (χ2v) is 3.41. The Morgan fingerprint density at radius 2 is 2.07 bits per heavy atom. The normalized spacial score (nSPS) is 10.8. The Balaban J connectivity index is 2.97. The fraction of sp³-hybridized carbons (Fsp3) is 0.400. The first kappa shape index (κ1) is 12.2. The van der Waals surface area contributed by atoms with Gasteiger partial charge in [-0.25, -0.2) is 13.2 Å². The molecule has 1 aromatic rings. The molecule has 0 amide bonds. The Morgan fingerprint density at radius 1 is 1.40 bits per heavy atom. The van der Waals surface area contributed by atoms with Crippen molar-refractivity contribution in [2.75, 3.05) is 18.5 Å². The summed E-state index contributed by atoms with van der Waals surface area (Å²) in [6.45, 7) is -0.437. The van der Waals surface area contributed by atoms with Gasteiger partial charge in [-0.2, -0.15) is 0 Å². The van der Waals surface area contributed by atoms with E-state index in [0.29, 0.717) is 5.69 Å². The summed E-state index contributed by atoms with van der Waals surface area (Å²) in [5, 5.41) is 0. The molecule has 0 fully saturated rings. The van der Waals surface area contributed by atoms with Crippen molar-refractivity contribution < 1.29 is 13.2 Å². The van der Waals surface area contributed by atoms with Crippen molar-refractivity contribution in [1.82, 2.24) is 0 Å². The molecular weight excluding hydrogens is 227 g/mol. The average Bonchev–Trinajstić information content (AvgIpc) is 2.16. The Morgan fingerprint density at radius 3 is 2.60 bits per heavy atom. The fourth-order valence-electron chi connectivity index (χ4n) is 1.34. The molecule has 1 nitrogen and oxygen atoms in total. The smallest absolute Gasteiger partial charge is 0.255 e. The van der Waals surface area contributed by atoms with Crippen molar-refractivity contribution in [2.45, 2.75) is 12.3 Å². The molecule has 0 saturated heterocycles. The summed E-state index contributed by atoms with van der Waals surface area (Å²) >= 11 is 5.56. The van der Waals surface area contributed by atoms with Gasteiger partial charge in [0.25, 0.3) is 6.43 Å². The van der Waals surface area contributed by atoms with E-state index in [2.05, 4.69) is 0 Å². The molecule has 0 unspecified atom stereocenters. The van der Waals surface area contributed by atoms with E-state index in [4.69, 9.17) is 11.6 Å². The summed E-state index contributed by atoms with van der Waals surface area (Å²) in [7, 11) is 1.48. The lowest BCUT2D eigenvalue weighted by atomic mass is 10.1. The molecule has 0 saturated carbocycles. The van der Waals surface area contributed by atoms with Gasteiger partial charge in [0, 0.05) is 18.3 Å². The van der Waals surface area contributed by atoms with E-state index in [0.717, 1.165) is 0 Å². The number of nitrogens with zero attached hydrogens (tertiary/aromatic N) is 1. The summed E-state index contributed by atoms with van der Waals surface area (Å²) < 4.78 is 37.5. The van der Waals surface area contributed by atoms with Gasteiger partial charge in [-0.05, 0) is 12.1 Å². The van der Waals surface area contributed by atoms with E-state index >= 15 is 0 Å². The maximum atomic E-state index is 13.2. The standard InChI is InChI=1S/C10H11ClF3N/c1-15(6-10(13)14)9-4-2-3-8(12)7(9)5-11/h2-4,10H,5-6H2,1H3. The number of halogens is 4. The van der Waals surface area contributed by atoms with Gasteiger partial charge in [-0.15, -0.1) is 11.6 Å². The zero-order chi connectivity index (χ0) is 11.4. The Kier molecular flexibility index (Phi) is 4.27. The van der Waals surface area contributed by atoms with Crippen LogP contribution in [0.3, 0.4) is 0 Å². The second-order valence-electron chi connectivity index (χ2n) is 3.14. The molecule has 0 aromatic heterocycles. The van der Waals surface area contributed by atoms with Crippen molar-refractivity contribution in [2.24, 2.45) is 0 Å². The lowest BCUT2D eigenvalue weighted by molar-refractivity contribution is 0.156. The van der Waals surface area contributed by atoms with Gasteiger partial charge in [0.1, 0.15) is 5.82 Å². The molecule has 0 heterocycles. The minimum atomic E-state index is -2.46. The maximum Gasteiger partial charge on any atom is 0.255 e. The lowest BCUT2D eigenvalue weighted by Crippen LogP contribution is -2.25. The van der Waals surface area contributed by atoms with Gasteiger partial charge in [-0.3, -0.25) is 0 Å². The molecule has 0 spiro atoms. The van der Waals surface area contributed by atoms with Crippen molar-refractivity contribution in [3.63, 3.8) is 0 Å². The highest BCUT2D eigenvalue weighted by molar-refractivity contribution is 6.17. The second kappa shape index (κ2) is 5.26. The van der Waals surface area contributed by atoms with E-state index in [1.54, 1.807) is 6.07 Å². The first-order valence-electron chi connectivity index (χ1n) is 4.39. The van der Waals surface area contributed by atoms with Crippen LogP contribution in [0.5, 0.6) is 0 Å². The molecular formula is C10H11ClF3N. The topological polar surface area (TPSA) is 3.24 Å². The molecule has 0 aliphatic carbocycles. The number of hydrogen-bond acceptors (Lipinski definition) is 1. The lowest BCUT2D eigenvalue weighted by Gasteiger charge is -2.21. The highest BCUT2D eigenvalue weighted by atomic mass is 35.5. The van der Waals surface area contributed by atoms with Gasteiger partial charge in [-0.1, -0.05) is 6.07 Å². The van der Waals surface area contributed by atoms with Crippen LogP contribution in [-0.2, 0) is 5.88 Å². The number of hydrogen-bond donors (Lipinski definition) is 0. The summed E-state index contributed by atoms with van der Waals surface area (Å²) in [6.07, 6.45) is -2.46. The van der Waals surface area contributed by atoms with Gasteiger partial charge >= 0.3 is 0 Å². The SMILES string of the molecule is CN(CC(F)F)c1cccc(F)c1CCl. The Labute approximate surface area is 91.5 Å². The predicted octanol–water partition coefficient (Wildman–Crippen LogP) is 3.27. The summed E-state index contributed by atoms with van der Waals surface area (Å²) in [6, 6.07) is 4.31. The molecule has 0 aliphatic rings. The Bertz CT molecular complexity index is 330. The third kappa shape index (κ3) is 3.02. The molecule has 84 valence electrons. The van der Waals surface area contributed by atoms with Gasteiger partial charge in [0.2, 0.25) is 0 Å². The van der Waals surface area contributed by atoms with Crippen molar-refractivity contribution in [1.29, 1.82) is 0 Å². The number of alkyl halides is 3. The summed E-state index contributed by atoms with van der Waals surface area (Å²) in [4.78, 5) is 1.30. The molecule has 0 N–H and O–H groups in total. The number of benzene rings is 1. The van der Waals surface area contributed by atoms with Crippen LogP contribution in [0.25, 0.3) is 0 Å². The first-order chi connectivity index (χ1) is 7.06. The van der Waals surface area contributed by atoms with E-state index < -0.39 is 18.8 Å². The molecule has 15 heavy (non-hydrogen) atoms. The fourth-order valence-corrected chi connectivity index (χ4v) is 1.61. The number of anilines is 1. The molecule has 1 aromatic carbocycles. The predicted molar refractivity (Wildman–Crippen MR) is 55.2 cm³/mol. The van der Waals surface area contributed by atoms with Gasteiger partial charge in [0.15, 0.2) is 0 Å². The quantitative estimate of drug-likeness (QED) is 0.727. The van der Waals surface area contributed by atoms with Gasteiger partial charge < -0.3 is 4.90 Å². The third-order valence-electron chi connectivity index (χ3n) is 2.05. The molecule has 0 bridgehead atoms. The highest BCUT2D eigenvalue weighted by Crippen LogP contribution is 2.24. The van der Waals surface area contributed by atoms with Crippen LogP contribution in [0.4, 0.5) is 18.9 Å². The molecule has 0 atom stereocenters. The van der Waals surface area contributed by atoms with Crippen LogP contribution >= 0.6 is 11.6 Å². The van der Waals surface area contributed by atoms with Crippen LogP contribution in [0.15, 0.2) is 18.2 Å². The average molecular weight is 238 g/mol. The third-order valence-corrected chi connectivity index (χ3v) is 2.32. The molecule has 0 aliphatic heterocycles. The van der Waals surface area contributed by atoms with E-state index in [-0.39, 0.29) is 11.4 Å². The monoisotopic (exact) mass is 237 g/mol. The maximum absolute atomic E-state index is 13.2. The van der Waals surface area contributed by atoms with E-state index in [1.165, 1.54) is 24.1 Å². The van der Waals surface area contributed by atoms with Gasteiger partial charge in [0.05, 0.1) is 12.4 Å². The minimum Gasteiger partial charge on any atom is -0.369 e. The van der Waals surface area contributed by atoms with Crippen molar-refractivity contribution >= 4 is 17.3 Å². The Hall–Kier alpha value is -0.900. The van der Waals surface area contributed by atoms with Crippen LogP contribution in [0.1, 0.15) is 5.56 Å². The van der Waals surface area contributed by atoms with Crippen molar-refractivity contribution in [3.8, 4) is 0 Å². The van der Waals surface area contributed by atoms with Crippen molar-refractivity contribution in [3.05, 3.63) is 29.6 Å². The van der Waals surface area contributed by atoms with Crippen LogP contribution in [-0.4, -0.2) is 20.0 Å². The minimum absolute atomic E-state index is 0.0322. The zero-order valence-corrected chi connectivity index (χ0v) is 8.94.